The van der Waals surface area contributed by atoms with E-state index >= 15 is 0 Å². The van der Waals surface area contributed by atoms with Crippen molar-refractivity contribution in [2.45, 2.75) is 0 Å². The third-order valence-corrected chi connectivity index (χ3v) is 0. The van der Waals surface area contributed by atoms with Gasteiger partial charge in [0.1, 0.15) is 0 Å². The summed E-state index contributed by atoms with van der Waals surface area (Å²) in [4.78, 5) is 0. The molecule has 0 aliphatic carbocycles. The van der Waals surface area contributed by atoms with E-state index in [1.54, 1.807) is 0 Å². The molecule has 0 fully saturated rings. The van der Waals surface area contributed by atoms with Crippen molar-refractivity contribution < 1.29 is 17.3 Å². The summed E-state index contributed by atoms with van der Waals surface area (Å²) < 4.78 is 0. The van der Waals surface area contributed by atoms with Gasteiger partial charge in [0.05, 0.1) is 0 Å². The van der Waals surface area contributed by atoms with Gasteiger partial charge in [-0.25, -0.2) is 0 Å². The molecule has 18 N–H and O–H groups in total. The molecule has 0 aliphatic heterocycles. The molecule has 0 amide bonds. The summed E-state index contributed by atoms with van der Waals surface area (Å²) in [6.45, 7) is 0. The molecule has 6 nitrogen and oxygen atoms in total. The maximum absolute atomic E-state index is 4.53. The fourth-order valence-electron chi connectivity index (χ4n) is 0. The van der Waals surface area contributed by atoms with Gasteiger partial charge in [0.25, 0.3) is 0 Å². The van der Waals surface area contributed by atoms with E-state index in [0.717, 1.165) is 0 Å². The summed E-state index contributed by atoms with van der Waals surface area (Å²) in [5, 5.41) is 0. The molecule has 0 spiro atoms. The molecule has 8 heteroatoms. The van der Waals surface area contributed by atoms with E-state index in [9.17, 15) is 0 Å². The zero-order valence-electron chi connectivity index (χ0n) is 4.95. The van der Waals surface area contributed by atoms with Crippen LogP contribution in [0.2, 0.25) is 0 Å². The van der Waals surface area contributed by atoms with E-state index in [1.165, 1.54) is 0 Å². The number of hydrogen-bond acceptors (Lipinski definition) is 6. The molecule has 0 heterocycles. The van der Waals surface area contributed by atoms with Crippen LogP contribution in [0.5, 0.6) is 0 Å². The van der Waals surface area contributed by atoms with Gasteiger partial charge in [-0.05, 0) is 0 Å². The summed E-state index contributed by atoms with van der Waals surface area (Å²) in [6, 6.07) is 0. The third kappa shape index (κ3) is 474. The van der Waals surface area contributed by atoms with Gasteiger partial charge in [-0.2, -0.15) is 0 Å². The van der Waals surface area contributed by atoms with Crippen LogP contribution in [0.15, 0.2) is 0 Å². The van der Waals surface area contributed by atoms with Gasteiger partial charge in [-0.3, -0.25) is 0 Å². The minimum absolute atomic E-state index is 0. The summed E-state index contributed by atoms with van der Waals surface area (Å²) in [7, 11) is 4.53. The van der Waals surface area contributed by atoms with Crippen molar-refractivity contribution in [2.75, 3.05) is 0 Å². The van der Waals surface area contributed by atoms with Crippen LogP contribution < -0.4 is 36.9 Å². The van der Waals surface area contributed by atoms with Gasteiger partial charge < -0.3 is 36.9 Å². The van der Waals surface area contributed by atoms with E-state index in [2.05, 4.69) is 9.69 Å². The van der Waals surface area contributed by atoms with Crippen LogP contribution in [-0.4, -0.2) is 0 Å². The van der Waals surface area contributed by atoms with Crippen LogP contribution in [0.3, 0.4) is 0 Å². The second-order valence-corrected chi connectivity index (χ2v) is 0. The second kappa shape index (κ2) is 754. The van der Waals surface area contributed by atoms with Crippen molar-refractivity contribution in [3.05, 3.63) is 0 Å². The predicted octanol–water partition coefficient (Wildman–Crippen LogP) is 1.66. The topological polar surface area (TPSA) is 210 Å². The molecule has 8 heavy (non-hydrogen) atoms. The molecule has 0 rings (SSSR count). The summed E-state index contributed by atoms with van der Waals surface area (Å²) >= 11 is 2.02. The Bertz CT molecular complexity index is 8.49. The van der Waals surface area contributed by atoms with Crippen molar-refractivity contribution in [3.8, 4) is 0 Å². The molecule has 0 atom stereocenters. The Labute approximate surface area is 64.3 Å². The van der Waals surface area contributed by atoms with Gasteiger partial charge in [-0.15, -0.1) is 0 Å². The molecule has 0 unspecified atom stereocenters. The summed E-state index contributed by atoms with van der Waals surface area (Å²) in [6.07, 6.45) is 0. The van der Waals surface area contributed by atoms with Crippen molar-refractivity contribution in [1.29, 1.82) is 0 Å². The van der Waals surface area contributed by atoms with E-state index in [0.29, 0.717) is 0 Å². The SMILES string of the molecule is N.N.N.N.N.N.[Cl][Rh]. The fraction of sp³-hybridized carbons (Fsp3) is 0. The Morgan fingerprint density at radius 3 is 0.500 bits per heavy atom. The van der Waals surface area contributed by atoms with Crippen molar-refractivity contribution in [1.82, 2.24) is 36.9 Å². The Morgan fingerprint density at radius 2 is 0.500 bits per heavy atom. The molecule has 0 saturated heterocycles. The van der Waals surface area contributed by atoms with Crippen LogP contribution in [0.1, 0.15) is 0 Å². The van der Waals surface area contributed by atoms with Crippen molar-refractivity contribution in [3.63, 3.8) is 0 Å². The molecule has 64 valence electrons. The number of halogens is 1. The van der Waals surface area contributed by atoms with Crippen LogP contribution in [-0.2, 0) is 17.3 Å². The minimum atomic E-state index is 0. The first-order chi connectivity index (χ1) is 1.00. The Kier molecular flexibility index (Phi) is 17200. The van der Waals surface area contributed by atoms with Gasteiger partial charge >= 0.3 is 27.0 Å². The van der Waals surface area contributed by atoms with Crippen molar-refractivity contribution in [2.24, 2.45) is 0 Å². The molecule has 0 bridgehead atoms. The molecule has 0 saturated carbocycles. The molecule has 0 aromatic carbocycles. The Morgan fingerprint density at radius 1 is 0.500 bits per heavy atom. The van der Waals surface area contributed by atoms with Gasteiger partial charge in [0, 0.05) is 0 Å². The predicted molar refractivity (Wildman–Crippen MR) is 36.0 cm³/mol. The molecular formula is H18ClN6Rh. The normalized spacial score (nSPS) is 0.875. The van der Waals surface area contributed by atoms with Crippen molar-refractivity contribution >= 4 is 9.69 Å². The van der Waals surface area contributed by atoms with Crippen LogP contribution in [0.4, 0.5) is 0 Å². The van der Waals surface area contributed by atoms with Crippen LogP contribution in [0.25, 0.3) is 0 Å². The fourth-order valence-corrected chi connectivity index (χ4v) is 0. The van der Waals surface area contributed by atoms with Gasteiger partial charge in [0.15, 0.2) is 0 Å². The Balaban J connectivity index is -0.000000000333. The van der Waals surface area contributed by atoms with E-state index in [1.807, 2.05) is 17.3 Å². The zero-order valence-corrected chi connectivity index (χ0v) is 7.35. The quantitative estimate of drug-likeness (QED) is 0.346. The molecule has 0 aromatic rings. The number of rotatable bonds is 0. The average molecular weight is 241 g/mol. The standard InChI is InChI=1S/ClH.6H3N.Rh/h1H;6*1H3;/q;;;;;;;+1/p-1. The zero-order chi connectivity index (χ0) is 2.00. The second-order valence-electron chi connectivity index (χ2n) is 0. The Hall–Kier alpha value is 0.673. The average Bonchev–Trinajstić information content (AvgIpc) is 1.00. The molecule has 0 aliphatic rings. The van der Waals surface area contributed by atoms with Crippen LogP contribution >= 0.6 is 9.69 Å². The first-order valence-corrected chi connectivity index (χ1v) is 2.24. The first-order valence-electron chi connectivity index (χ1n) is 0.126. The van der Waals surface area contributed by atoms with E-state index in [-0.39, 0.29) is 36.9 Å². The molecule has 0 radical (unpaired) electrons. The monoisotopic (exact) mass is 240 g/mol. The van der Waals surface area contributed by atoms with Gasteiger partial charge in [-0.1, -0.05) is 0 Å². The molecular weight excluding hydrogens is 222 g/mol. The van der Waals surface area contributed by atoms with E-state index < -0.39 is 0 Å². The summed E-state index contributed by atoms with van der Waals surface area (Å²) in [5.41, 5.74) is 0. The molecule has 0 aromatic heterocycles. The summed E-state index contributed by atoms with van der Waals surface area (Å²) in [5.74, 6) is 0. The number of hydrogen-bond donors (Lipinski definition) is 6. The maximum atomic E-state index is 4.53. The first kappa shape index (κ1) is 182. The van der Waals surface area contributed by atoms with Gasteiger partial charge in [0.2, 0.25) is 0 Å². The van der Waals surface area contributed by atoms with E-state index in [4.69, 9.17) is 0 Å². The van der Waals surface area contributed by atoms with Crippen LogP contribution in [0, 0.1) is 0 Å². The third-order valence-electron chi connectivity index (χ3n) is 0.